The summed E-state index contributed by atoms with van der Waals surface area (Å²) < 4.78 is 0. The molecule has 0 aromatic heterocycles. The van der Waals surface area contributed by atoms with Gasteiger partial charge in [0.05, 0.1) is 25.3 Å². The zero-order valence-corrected chi connectivity index (χ0v) is 15.3. The first kappa shape index (κ1) is 23.0. The molecule has 13 heteroatoms. The highest BCUT2D eigenvalue weighted by Crippen LogP contribution is 2.45. The van der Waals surface area contributed by atoms with Crippen LogP contribution in [0, 0.1) is 46.4 Å². The number of benzene rings is 2. The summed E-state index contributed by atoms with van der Waals surface area (Å²) >= 11 is 0. The van der Waals surface area contributed by atoms with Crippen LogP contribution >= 0.6 is 0 Å². The van der Waals surface area contributed by atoms with Crippen molar-refractivity contribution in [1.82, 2.24) is 0 Å². The van der Waals surface area contributed by atoms with Crippen molar-refractivity contribution in [2.24, 2.45) is 5.92 Å². The van der Waals surface area contributed by atoms with Gasteiger partial charge in [0.2, 0.25) is 0 Å². The van der Waals surface area contributed by atoms with Crippen molar-refractivity contribution < 1.29 is 24.8 Å². The van der Waals surface area contributed by atoms with E-state index in [1.54, 1.807) is 0 Å². The minimum absolute atomic E-state index is 0.306. The molecule has 13 nitrogen and oxygen atoms in total. The van der Waals surface area contributed by atoms with Crippen molar-refractivity contribution in [3.05, 3.63) is 76.9 Å². The standard InChI is InChI=1S/C12H6N4O8.C4H10O/c17-13(18)8-4-2-5-9(14(19)20)11(8)7-3-1-6-10(15(21)22)12(7)16(23)24;1-4(2)3-5/h1-6H;4-5H,3H2,1-2H3. The molecule has 2 aromatic rings. The number of rotatable bonds is 6. The molecular weight excluding hydrogens is 392 g/mol. The molecule has 0 fully saturated rings. The second kappa shape index (κ2) is 9.80. The Balaban J connectivity index is 0.000000749. The molecule has 0 bridgehead atoms. The maximum Gasteiger partial charge on any atom is 0.354 e. The van der Waals surface area contributed by atoms with Crippen molar-refractivity contribution in [1.29, 1.82) is 0 Å². The van der Waals surface area contributed by atoms with Crippen molar-refractivity contribution in [3.63, 3.8) is 0 Å². The molecule has 0 spiro atoms. The average molecular weight is 408 g/mol. The molecule has 1 N–H and O–H groups in total. The van der Waals surface area contributed by atoms with E-state index in [-0.39, 0.29) is 0 Å². The van der Waals surface area contributed by atoms with Crippen LogP contribution < -0.4 is 0 Å². The second-order valence-electron chi connectivity index (χ2n) is 5.95. The minimum Gasteiger partial charge on any atom is -0.396 e. The lowest BCUT2D eigenvalue weighted by molar-refractivity contribution is -0.422. The van der Waals surface area contributed by atoms with Crippen LogP contribution in [0.3, 0.4) is 0 Å². The van der Waals surface area contributed by atoms with Gasteiger partial charge in [-0.2, -0.15) is 0 Å². The Hall–Kier alpha value is -4.00. The van der Waals surface area contributed by atoms with Crippen LogP contribution in [-0.4, -0.2) is 31.4 Å². The minimum atomic E-state index is -1.10. The summed E-state index contributed by atoms with van der Waals surface area (Å²) in [5.41, 5.74) is -4.76. The first-order valence-corrected chi connectivity index (χ1v) is 7.97. The summed E-state index contributed by atoms with van der Waals surface area (Å²) in [4.78, 5) is 40.5. The van der Waals surface area contributed by atoms with Gasteiger partial charge >= 0.3 is 11.4 Å². The highest BCUT2D eigenvalue weighted by Gasteiger charge is 2.36. The highest BCUT2D eigenvalue weighted by atomic mass is 16.6. The van der Waals surface area contributed by atoms with Crippen LogP contribution in [0.4, 0.5) is 22.7 Å². The number of hydrogen-bond donors (Lipinski definition) is 1. The van der Waals surface area contributed by atoms with E-state index in [2.05, 4.69) is 0 Å². The van der Waals surface area contributed by atoms with Crippen LogP contribution in [0.2, 0.25) is 0 Å². The van der Waals surface area contributed by atoms with E-state index in [1.807, 2.05) is 13.8 Å². The van der Waals surface area contributed by atoms with Gasteiger partial charge in [-0.15, -0.1) is 0 Å². The van der Waals surface area contributed by atoms with Crippen molar-refractivity contribution in [3.8, 4) is 11.1 Å². The molecular formula is C16H16N4O9. The van der Waals surface area contributed by atoms with Gasteiger partial charge in [0.25, 0.3) is 11.4 Å². The summed E-state index contributed by atoms with van der Waals surface area (Å²) in [7, 11) is 0. The van der Waals surface area contributed by atoms with Crippen molar-refractivity contribution in [2.75, 3.05) is 6.61 Å². The molecule has 0 saturated heterocycles. The van der Waals surface area contributed by atoms with Crippen LogP contribution in [-0.2, 0) is 0 Å². The second-order valence-corrected chi connectivity index (χ2v) is 5.95. The Morgan fingerprint density at radius 3 is 1.48 bits per heavy atom. The molecule has 0 saturated carbocycles. The van der Waals surface area contributed by atoms with Crippen LogP contribution in [0.1, 0.15) is 13.8 Å². The molecule has 0 aliphatic rings. The van der Waals surface area contributed by atoms with Gasteiger partial charge in [0, 0.05) is 24.8 Å². The van der Waals surface area contributed by atoms with E-state index in [4.69, 9.17) is 5.11 Å². The number of aliphatic hydroxyl groups excluding tert-OH is 1. The molecule has 0 heterocycles. The molecule has 2 aromatic carbocycles. The fourth-order valence-corrected chi connectivity index (χ4v) is 2.18. The normalized spacial score (nSPS) is 10.1. The molecule has 0 aliphatic carbocycles. The molecule has 0 atom stereocenters. The van der Waals surface area contributed by atoms with Crippen LogP contribution in [0.5, 0.6) is 0 Å². The maximum absolute atomic E-state index is 11.2. The lowest BCUT2D eigenvalue weighted by atomic mass is 9.99. The zero-order chi connectivity index (χ0) is 22.3. The van der Waals surface area contributed by atoms with Gasteiger partial charge in [0.1, 0.15) is 5.56 Å². The fraction of sp³-hybridized carbons (Fsp3) is 0.250. The third kappa shape index (κ3) is 5.49. The van der Waals surface area contributed by atoms with E-state index >= 15 is 0 Å². The SMILES string of the molecule is CC(C)CO.O=[N+]([O-])c1cccc([N+](=O)[O-])c1-c1cccc([N+](=O)[O-])c1[N+](=O)[O-]. The average Bonchev–Trinajstić information content (AvgIpc) is 2.66. The van der Waals surface area contributed by atoms with Crippen molar-refractivity contribution in [2.45, 2.75) is 13.8 Å². The Morgan fingerprint density at radius 2 is 1.14 bits per heavy atom. The van der Waals surface area contributed by atoms with Gasteiger partial charge in [-0.3, -0.25) is 40.5 Å². The van der Waals surface area contributed by atoms with Crippen LogP contribution in [0.25, 0.3) is 11.1 Å². The van der Waals surface area contributed by atoms with E-state index in [9.17, 15) is 40.5 Å². The summed E-state index contributed by atoms with van der Waals surface area (Å²) in [6.45, 7) is 4.25. The quantitative estimate of drug-likeness (QED) is 0.548. The topological polar surface area (TPSA) is 193 Å². The monoisotopic (exact) mass is 408 g/mol. The largest absolute Gasteiger partial charge is 0.396 e. The third-order valence-corrected chi connectivity index (χ3v) is 3.44. The summed E-state index contributed by atoms with van der Waals surface area (Å²) in [5.74, 6) is 0.440. The molecule has 0 aliphatic heterocycles. The summed E-state index contributed by atoms with van der Waals surface area (Å²) in [6, 6.07) is 5.77. The number of aliphatic hydroxyl groups is 1. The smallest absolute Gasteiger partial charge is 0.354 e. The van der Waals surface area contributed by atoms with Crippen molar-refractivity contribution >= 4 is 22.7 Å². The van der Waals surface area contributed by atoms with Gasteiger partial charge in [-0.1, -0.05) is 19.9 Å². The summed E-state index contributed by atoms with van der Waals surface area (Å²) in [6.07, 6.45) is 0. The van der Waals surface area contributed by atoms with E-state index in [1.165, 1.54) is 0 Å². The number of nitrogens with zero attached hydrogens (tertiary/aromatic N) is 4. The van der Waals surface area contributed by atoms with E-state index < -0.39 is 53.6 Å². The van der Waals surface area contributed by atoms with E-state index in [0.717, 1.165) is 36.4 Å². The number of nitro benzene ring substituents is 4. The molecule has 154 valence electrons. The lowest BCUT2D eigenvalue weighted by Gasteiger charge is -2.05. The van der Waals surface area contributed by atoms with Gasteiger partial charge in [0.15, 0.2) is 0 Å². The summed E-state index contributed by atoms with van der Waals surface area (Å²) in [5, 5.41) is 52.7. The Morgan fingerprint density at radius 1 is 0.759 bits per heavy atom. The molecule has 2 rings (SSSR count). The number of hydrogen-bond acceptors (Lipinski definition) is 9. The van der Waals surface area contributed by atoms with Crippen LogP contribution in [0.15, 0.2) is 36.4 Å². The highest BCUT2D eigenvalue weighted by molar-refractivity contribution is 5.89. The Bertz CT molecular complexity index is 927. The number of para-hydroxylation sites is 1. The molecule has 0 amide bonds. The third-order valence-electron chi connectivity index (χ3n) is 3.44. The van der Waals surface area contributed by atoms with Gasteiger partial charge in [-0.05, 0) is 18.1 Å². The Labute approximate surface area is 162 Å². The molecule has 29 heavy (non-hydrogen) atoms. The molecule has 0 unspecified atom stereocenters. The number of nitro groups is 4. The fourth-order valence-electron chi connectivity index (χ4n) is 2.18. The first-order valence-electron chi connectivity index (χ1n) is 7.97. The maximum atomic E-state index is 11.2. The first-order chi connectivity index (χ1) is 13.5. The zero-order valence-electron chi connectivity index (χ0n) is 15.3. The Kier molecular flexibility index (Phi) is 7.78. The lowest BCUT2D eigenvalue weighted by Crippen LogP contribution is -2.02. The van der Waals surface area contributed by atoms with Gasteiger partial charge < -0.3 is 5.11 Å². The molecule has 0 radical (unpaired) electrons. The predicted molar refractivity (Wildman–Crippen MR) is 100 cm³/mol. The van der Waals surface area contributed by atoms with Gasteiger partial charge in [-0.25, -0.2) is 0 Å². The van der Waals surface area contributed by atoms with E-state index in [0.29, 0.717) is 12.5 Å². The predicted octanol–water partition coefficient (Wildman–Crippen LogP) is 3.62.